The molecule has 0 aliphatic carbocycles. The number of halogens is 3. The fourth-order valence-corrected chi connectivity index (χ4v) is 1.25. The molecule has 6 heteroatoms. The van der Waals surface area contributed by atoms with Gasteiger partial charge >= 0.3 is 35.6 Å². The first-order chi connectivity index (χ1) is 8.43. The quantitative estimate of drug-likeness (QED) is 0.420. The predicted octanol–water partition coefficient (Wildman–Crippen LogP) is 5.66. The van der Waals surface area contributed by atoms with E-state index in [1.807, 2.05) is 32.0 Å². The molecule has 0 spiro atoms. The van der Waals surface area contributed by atoms with Crippen molar-refractivity contribution < 1.29 is 22.1 Å². The third-order valence-electron chi connectivity index (χ3n) is 2.23. The average molecular weight is 342 g/mol. The molecule has 1 aromatic carbocycles. The van der Waals surface area contributed by atoms with Crippen LogP contribution in [0.15, 0.2) is 40.6 Å². The summed E-state index contributed by atoms with van der Waals surface area (Å²) in [6, 6.07) is 7.36. The molecule has 1 rings (SSSR count). The van der Waals surface area contributed by atoms with Crippen LogP contribution in [0.3, 0.4) is 0 Å². The molecule has 1 aromatic rings. The molecule has 0 unspecified atom stereocenters. The van der Waals surface area contributed by atoms with Gasteiger partial charge in [0.25, 0.3) is 0 Å². The molecule has 0 radical (unpaired) electrons. The Kier molecular flexibility index (Phi) is 9.89. The fraction of sp³-hybridized carbons (Fsp3) is 0.250. The van der Waals surface area contributed by atoms with Crippen LogP contribution in [0, 0.1) is 0 Å². The summed E-state index contributed by atoms with van der Waals surface area (Å²) in [7, 11) is 9.78. The van der Waals surface area contributed by atoms with E-state index in [-0.39, 0.29) is 5.76 Å². The van der Waals surface area contributed by atoms with Gasteiger partial charge in [-0.05, 0) is 32.9 Å². The summed E-state index contributed by atoms with van der Waals surface area (Å²) < 4.78 is 0. The van der Waals surface area contributed by atoms with Crippen molar-refractivity contribution in [2.24, 2.45) is 4.99 Å². The van der Waals surface area contributed by atoms with Crippen molar-refractivity contribution in [3.8, 4) is 0 Å². The van der Waals surface area contributed by atoms with Crippen molar-refractivity contribution in [3.63, 3.8) is 0 Å². The van der Waals surface area contributed by atoms with Crippen molar-refractivity contribution in [2.75, 3.05) is 0 Å². The molecule has 0 heterocycles. The fourth-order valence-electron chi connectivity index (χ4n) is 1.07. The van der Waals surface area contributed by atoms with Gasteiger partial charge in [0.2, 0.25) is 0 Å². The topological polar surface area (TPSA) is 32.6 Å². The van der Waals surface area contributed by atoms with Crippen molar-refractivity contribution in [3.05, 3.63) is 40.6 Å². The number of allylic oxidation sites excluding steroid dienone is 2. The van der Waals surface area contributed by atoms with E-state index in [9.17, 15) is 5.11 Å². The second kappa shape index (κ2) is 9.88. The molecular formula is C12H14Cl3NOTi. The predicted molar refractivity (Wildman–Crippen MR) is 76.9 cm³/mol. The van der Waals surface area contributed by atoms with Crippen LogP contribution in [0.4, 0.5) is 5.69 Å². The van der Waals surface area contributed by atoms with E-state index in [0.29, 0.717) is 5.02 Å². The van der Waals surface area contributed by atoms with Crippen molar-refractivity contribution in [1.82, 2.24) is 0 Å². The van der Waals surface area contributed by atoms with Gasteiger partial charge in [0.1, 0.15) is 0 Å². The Hall–Kier alpha value is 0.0143. The molecule has 0 amide bonds. The van der Waals surface area contributed by atoms with Gasteiger partial charge in [-0.3, -0.25) is 4.99 Å². The van der Waals surface area contributed by atoms with Gasteiger partial charge in [-0.25, -0.2) is 0 Å². The Bertz CT molecular complexity index is 443. The molecule has 0 aromatic heterocycles. The van der Waals surface area contributed by atoms with E-state index in [0.717, 1.165) is 17.0 Å². The molecule has 2 nitrogen and oxygen atoms in total. The molecule has 0 saturated carbocycles. The van der Waals surface area contributed by atoms with Crippen LogP contribution in [-0.4, -0.2) is 10.8 Å². The minimum absolute atomic E-state index is 0.281. The first kappa shape index (κ1) is 18.0. The molecule has 1 N–H and O–H groups in total. The zero-order valence-corrected chi connectivity index (χ0v) is 14.2. The molecule has 0 atom stereocenters. The van der Waals surface area contributed by atoms with Crippen molar-refractivity contribution >= 4 is 41.6 Å². The summed E-state index contributed by atoms with van der Waals surface area (Å²) in [5.41, 5.74) is 2.26. The number of para-hydroxylation sites is 1. The zero-order chi connectivity index (χ0) is 14.1. The molecule has 18 heavy (non-hydrogen) atoms. The minimum atomic E-state index is -0.556. The molecule has 0 fully saturated rings. The normalized spacial score (nSPS) is 12.2. The summed E-state index contributed by atoms with van der Waals surface area (Å²) in [5, 5.41) is 9.92. The monoisotopic (exact) mass is 341 g/mol. The Morgan fingerprint density at radius 1 is 1.17 bits per heavy atom. The summed E-state index contributed by atoms with van der Waals surface area (Å²) in [6.07, 6.45) is 0. The SMILES string of the molecule is CC(=Nc1ccccc1Cl)/C(C)=C(/C)O.[Cl][Ti][Cl]. The number of hydrogen-bond acceptors (Lipinski definition) is 2. The summed E-state index contributed by atoms with van der Waals surface area (Å²) in [4.78, 5) is 4.35. The molecule has 0 saturated heterocycles. The number of aliphatic hydroxyl groups is 1. The third kappa shape index (κ3) is 6.82. The molecule has 0 aliphatic heterocycles. The van der Waals surface area contributed by atoms with Gasteiger partial charge in [0.15, 0.2) is 0 Å². The van der Waals surface area contributed by atoms with Crippen LogP contribution in [0.2, 0.25) is 5.02 Å². The van der Waals surface area contributed by atoms with Crippen molar-refractivity contribution in [2.45, 2.75) is 20.8 Å². The van der Waals surface area contributed by atoms with Crippen LogP contribution in [0.5, 0.6) is 0 Å². The Morgan fingerprint density at radius 3 is 2.11 bits per heavy atom. The molecular weight excluding hydrogens is 328 g/mol. The second-order valence-electron chi connectivity index (χ2n) is 3.43. The molecule has 0 aliphatic rings. The Balaban J connectivity index is 0.000000873. The van der Waals surface area contributed by atoms with Crippen LogP contribution < -0.4 is 0 Å². The Labute approximate surface area is 129 Å². The molecule has 0 bridgehead atoms. The van der Waals surface area contributed by atoms with Gasteiger partial charge in [0.05, 0.1) is 16.5 Å². The Morgan fingerprint density at radius 2 is 1.67 bits per heavy atom. The van der Waals surface area contributed by atoms with Gasteiger partial charge in [0, 0.05) is 11.3 Å². The molecule has 98 valence electrons. The van der Waals surface area contributed by atoms with E-state index >= 15 is 0 Å². The number of aliphatic imine (C=N–C) groups is 1. The van der Waals surface area contributed by atoms with E-state index in [1.54, 1.807) is 13.0 Å². The van der Waals surface area contributed by atoms with Gasteiger partial charge < -0.3 is 5.11 Å². The summed E-state index contributed by atoms with van der Waals surface area (Å²) >= 11 is 5.41. The summed E-state index contributed by atoms with van der Waals surface area (Å²) in [5.74, 6) is 0.281. The van der Waals surface area contributed by atoms with E-state index in [2.05, 4.69) is 4.99 Å². The van der Waals surface area contributed by atoms with E-state index in [4.69, 9.17) is 30.2 Å². The third-order valence-corrected chi connectivity index (χ3v) is 2.55. The maximum absolute atomic E-state index is 9.30. The van der Waals surface area contributed by atoms with E-state index < -0.39 is 17.0 Å². The van der Waals surface area contributed by atoms with Crippen LogP contribution in [0.25, 0.3) is 0 Å². The second-order valence-corrected chi connectivity index (χ2v) is 6.42. The summed E-state index contributed by atoms with van der Waals surface area (Å²) in [6.45, 7) is 5.31. The average Bonchev–Trinajstić information content (AvgIpc) is 2.32. The number of aliphatic hydroxyl groups excluding tert-OH is 1. The standard InChI is InChI=1S/C12H14ClNO.2ClH.Ti/c1-8(10(3)15)9(2)14-12-7-5-4-6-11(12)13;;;/h4-7,15H,1-3H3;2*1H;/q;;;+2/p-2/b10-8-,14-9?;;;. The van der Waals surface area contributed by atoms with Crippen LogP contribution >= 0.6 is 30.2 Å². The van der Waals surface area contributed by atoms with Gasteiger partial charge in [-0.1, -0.05) is 23.7 Å². The zero-order valence-electron chi connectivity index (χ0n) is 10.3. The number of benzene rings is 1. The van der Waals surface area contributed by atoms with Gasteiger partial charge in [-0.15, -0.1) is 0 Å². The van der Waals surface area contributed by atoms with Crippen LogP contribution in [-0.2, 0) is 17.0 Å². The first-order valence-corrected chi connectivity index (χ1v) is 9.74. The number of nitrogens with zero attached hydrogens (tertiary/aromatic N) is 1. The van der Waals surface area contributed by atoms with Gasteiger partial charge in [-0.2, -0.15) is 0 Å². The maximum atomic E-state index is 9.30. The van der Waals surface area contributed by atoms with Crippen LogP contribution in [0.1, 0.15) is 20.8 Å². The number of hydrogen-bond donors (Lipinski definition) is 1. The van der Waals surface area contributed by atoms with E-state index in [1.165, 1.54) is 0 Å². The number of rotatable bonds is 2. The van der Waals surface area contributed by atoms with Crippen molar-refractivity contribution in [1.29, 1.82) is 0 Å². The first-order valence-electron chi connectivity index (χ1n) is 5.07.